The number of fused-ring (bicyclic) bond motifs is 4. The van der Waals surface area contributed by atoms with Crippen molar-refractivity contribution in [2.75, 3.05) is 0 Å². The molecule has 1 aromatic rings. The Hall–Kier alpha value is -1.75. The van der Waals surface area contributed by atoms with Crippen molar-refractivity contribution in [2.45, 2.75) is 101 Å². The molecule has 5 rings (SSSR count). The van der Waals surface area contributed by atoms with Crippen molar-refractivity contribution in [3.8, 4) is 5.75 Å². The number of amides is 2. The Morgan fingerprint density at radius 2 is 1.80 bits per heavy atom. The molecule has 0 spiro atoms. The van der Waals surface area contributed by atoms with Crippen molar-refractivity contribution in [1.29, 1.82) is 0 Å². The maximum absolute atomic E-state index is 13.3. The number of nitrogens with zero attached hydrogens (tertiary/aromatic N) is 1. The van der Waals surface area contributed by atoms with Gasteiger partial charge >= 0.3 is 6.03 Å². The predicted octanol–water partition coefficient (Wildman–Crippen LogP) is 4.41. The Labute approximate surface area is 180 Å². The van der Waals surface area contributed by atoms with E-state index in [9.17, 15) is 9.90 Å². The van der Waals surface area contributed by atoms with Gasteiger partial charge in [0.2, 0.25) is 0 Å². The normalized spacial score (nSPS) is 38.1. The summed E-state index contributed by atoms with van der Waals surface area (Å²) < 4.78 is 6.30. The zero-order valence-corrected chi connectivity index (χ0v) is 18.1. The number of carbonyl (C=O) groups excluding carboxylic acids is 1. The Morgan fingerprint density at radius 3 is 2.57 bits per heavy atom. The summed E-state index contributed by atoms with van der Waals surface area (Å²) in [6, 6.07) is 9.21. The molecule has 1 aromatic carbocycles. The average molecular weight is 413 g/mol. The van der Waals surface area contributed by atoms with E-state index in [0.717, 1.165) is 63.5 Å². The van der Waals surface area contributed by atoms with E-state index in [1.54, 1.807) is 0 Å². The number of ether oxygens (including phenoxy) is 1. The first-order chi connectivity index (χ1) is 14.6. The Kier molecular flexibility index (Phi) is 5.65. The minimum absolute atomic E-state index is 0.133. The van der Waals surface area contributed by atoms with Gasteiger partial charge < -0.3 is 20.1 Å². The van der Waals surface area contributed by atoms with Crippen LogP contribution in [0.3, 0.4) is 0 Å². The van der Waals surface area contributed by atoms with E-state index in [2.05, 4.69) is 29.3 Å². The van der Waals surface area contributed by atoms with Crippen molar-refractivity contribution in [3.05, 3.63) is 29.8 Å². The summed E-state index contributed by atoms with van der Waals surface area (Å²) in [4.78, 5) is 15.5. The first-order valence-electron chi connectivity index (χ1n) is 12.1. The van der Waals surface area contributed by atoms with Crippen molar-refractivity contribution < 1.29 is 14.6 Å². The van der Waals surface area contributed by atoms with Crippen LogP contribution in [0.5, 0.6) is 5.75 Å². The fourth-order valence-electron chi connectivity index (χ4n) is 6.73. The zero-order chi connectivity index (χ0) is 20.7. The maximum atomic E-state index is 13.3. The second-order valence-corrected chi connectivity index (χ2v) is 10.2. The molecule has 5 heteroatoms. The second kappa shape index (κ2) is 8.41. The number of carbonyl (C=O) groups is 1. The molecule has 0 aromatic heterocycles. The molecule has 164 valence electrons. The Bertz CT molecular complexity index is 755. The highest BCUT2D eigenvalue weighted by Crippen LogP contribution is 2.41. The molecule has 2 N–H and O–H groups in total. The molecule has 5 nitrogen and oxygen atoms in total. The molecule has 2 aliphatic heterocycles. The van der Waals surface area contributed by atoms with E-state index in [1.165, 1.54) is 12.0 Å². The van der Waals surface area contributed by atoms with Crippen molar-refractivity contribution >= 4 is 6.03 Å². The number of aryl methyl sites for hydroxylation is 1. The summed E-state index contributed by atoms with van der Waals surface area (Å²) in [5, 5.41) is 13.7. The van der Waals surface area contributed by atoms with Gasteiger partial charge in [0, 0.05) is 31.0 Å². The Morgan fingerprint density at radius 1 is 1.03 bits per heavy atom. The number of hydrogen-bond donors (Lipinski definition) is 2. The van der Waals surface area contributed by atoms with Crippen LogP contribution in [-0.2, 0) is 0 Å². The van der Waals surface area contributed by atoms with Crippen molar-refractivity contribution in [2.24, 2.45) is 11.8 Å². The third kappa shape index (κ3) is 4.05. The van der Waals surface area contributed by atoms with Crippen LogP contribution in [0.2, 0.25) is 0 Å². The molecule has 4 fully saturated rings. The standard InChI is InChI=1S/C25H36N2O3/c1-16-4-2-7-22(12-16)30-23-14-19-10-11-20(15-23)27(19)25(29)26-24-17-5-3-6-21(28)13-18(24)9-8-17/h2,4,7,12,17-21,23-24,28H,3,5-6,8-11,13-15H2,1H3,(H,26,29)/t17?,18?,19-,20+,21-,23?,24+/m1/s1. The quantitative estimate of drug-likeness (QED) is 0.773. The fourth-order valence-corrected chi connectivity index (χ4v) is 6.73. The van der Waals surface area contributed by atoms with Gasteiger partial charge in [-0.05, 0) is 81.4 Å². The van der Waals surface area contributed by atoms with Gasteiger partial charge in [-0.25, -0.2) is 4.79 Å². The van der Waals surface area contributed by atoms with E-state index in [0.29, 0.717) is 11.8 Å². The minimum Gasteiger partial charge on any atom is -0.490 e. The molecule has 7 atom stereocenters. The minimum atomic E-state index is -0.195. The van der Waals surface area contributed by atoms with Gasteiger partial charge in [0.25, 0.3) is 0 Å². The third-order valence-corrected chi connectivity index (χ3v) is 8.12. The molecule has 4 bridgehead atoms. The first-order valence-corrected chi connectivity index (χ1v) is 12.1. The number of piperidine rings is 1. The van der Waals surface area contributed by atoms with Crippen LogP contribution in [0.4, 0.5) is 4.79 Å². The lowest BCUT2D eigenvalue weighted by Gasteiger charge is -2.40. The molecule has 30 heavy (non-hydrogen) atoms. The number of nitrogens with one attached hydrogen (secondary N) is 1. The lowest BCUT2D eigenvalue weighted by molar-refractivity contribution is 0.0637. The molecular weight excluding hydrogens is 376 g/mol. The highest BCUT2D eigenvalue weighted by molar-refractivity contribution is 5.76. The summed E-state index contributed by atoms with van der Waals surface area (Å²) >= 11 is 0. The molecule has 2 saturated heterocycles. The highest BCUT2D eigenvalue weighted by Gasteiger charge is 2.46. The van der Waals surface area contributed by atoms with Crippen LogP contribution >= 0.6 is 0 Å². The molecule has 2 amide bonds. The van der Waals surface area contributed by atoms with E-state index >= 15 is 0 Å². The van der Waals surface area contributed by atoms with Gasteiger partial charge in [0.1, 0.15) is 11.9 Å². The molecule has 2 saturated carbocycles. The van der Waals surface area contributed by atoms with E-state index in [4.69, 9.17) is 4.74 Å². The van der Waals surface area contributed by atoms with Gasteiger partial charge in [0.05, 0.1) is 6.10 Å². The fraction of sp³-hybridized carbons (Fsp3) is 0.720. The topological polar surface area (TPSA) is 61.8 Å². The van der Waals surface area contributed by atoms with Gasteiger partial charge in [-0.1, -0.05) is 18.6 Å². The summed E-state index contributed by atoms with van der Waals surface area (Å²) in [5.41, 5.74) is 1.21. The van der Waals surface area contributed by atoms with Crippen LogP contribution in [-0.4, -0.2) is 46.4 Å². The summed E-state index contributed by atoms with van der Waals surface area (Å²) in [6.45, 7) is 2.09. The lowest BCUT2D eigenvalue weighted by atomic mass is 9.85. The molecule has 2 heterocycles. The predicted molar refractivity (Wildman–Crippen MR) is 116 cm³/mol. The van der Waals surface area contributed by atoms with E-state index in [1.807, 2.05) is 12.1 Å². The average Bonchev–Trinajstić information content (AvgIpc) is 3.22. The number of rotatable bonds is 3. The number of aliphatic hydroxyl groups is 1. The molecule has 2 aliphatic carbocycles. The summed E-state index contributed by atoms with van der Waals surface area (Å²) in [7, 11) is 0. The van der Waals surface area contributed by atoms with Gasteiger partial charge in [-0.2, -0.15) is 0 Å². The largest absolute Gasteiger partial charge is 0.490 e. The van der Waals surface area contributed by atoms with Crippen LogP contribution < -0.4 is 10.1 Å². The number of benzene rings is 1. The van der Waals surface area contributed by atoms with Crippen molar-refractivity contribution in [1.82, 2.24) is 10.2 Å². The number of hydrogen-bond acceptors (Lipinski definition) is 3. The van der Waals surface area contributed by atoms with Gasteiger partial charge in [0.15, 0.2) is 0 Å². The van der Waals surface area contributed by atoms with Crippen LogP contribution in [0, 0.1) is 18.8 Å². The molecule has 4 aliphatic rings. The number of urea groups is 1. The monoisotopic (exact) mass is 412 g/mol. The van der Waals surface area contributed by atoms with Gasteiger partial charge in [-0.15, -0.1) is 0 Å². The molecular formula is C25H36N2O3. The van der Waals surface area contributed by atoms with Crippen molar-refractivity contribution in [3.63, 3.8) is 0 Å². The van der Waals surface area contributed by atoms with Crippen LogP contribution in [0.15, 0.2) is 24.3 Å². The summed E-state index contributed by atoms with van der Waals surface area (Å²) in [6.07, 6.45) is 10.3. The first kappa shape index (κ1) is 20.2. The van der Waals surface area contributed by atoms with Crippen LogP contribution in [0.1, 0.15) is 69.8 Å². The zero-order valence-electron chi connectivity index (χ0n) is 18.1. The molecule has 0 radical (unpaired) electrons. The van der Waals surface area contributed by atoms with E-state index in [-0.39, 0.29) is 36.4 Å². The third-order valence-electron chi connectivity index (χ3n) is 8.12. The SMILES string of the molecule is Cc1cccc(OC2C[C@H]3CC[C@@H](C2)N3C(=O)N[C@H]2C3CCC[C@@H](O)CC2CC3)c1. The number of aliphatic hydroxyl groups excluding tert-OH is 1. The molecule has 3 unspecified atom stereocenters. The summed E-state index contributed by atoms with van der Waals surface area (Å²) in [5.74, 6) is 1.97. The Balaban J connectivity index is 1.22. The lowest BCUT2D eigenvalue weighted by Crippen LogP contribution is -2.56. The van der Waals surface area contributed by atoms with Gasteiger partial charge in [-0.3, -0.25) is 0 Å². The van der Waals surface area contributed by atoms with Crippen LogP contribution in [0.25, 0.3) is 0 Å². The highest BCUT2D eigenvalue weighted by atomic mass is 16.5. The van der Waals surface area contributed by atoms with E-state index < -0.39 is 0 Å². The maximum Gasteiger partial charge on any atom is 0.318 e. The smallest absolute Gasteiger partial charge is 0.318 e. The second-order valence-electron chi connectivity index (χ2n) is 10.2.